The predicted octanol–water partition coefficient (Wildman–Crippen LogP) is 0.485. The van der Waals surface area contributed by atoms with Crippen LogP contribution in [-0.2, 0) is 9.59 Å². The van der Waals surface area contributed by atoms with E-state index in [1.165, 1.54) is 14.1 Å². The van der Waals surface area contributed by atoms with Crippen molar-refractivity contribution in [2.24, 2.45) is 0 Å². The number of likely N-dealkylation sites (N-methyl/N-ethyl adjacent to an activating group) is 1. The van der Waals surface area contributed by atoms with Crippen LogP contribution in [0.5, 0.6) is 0 Å². The molecule has 0 atom stereocenters. The van der Waals surface area contributed by atoms with E-state index in [1.54, 1.807) is 0 Å². The molecule has 0 aliphatic carbocycles. The minimum absolute atomic E-state index is 0.461. The molecule has 4 nitrogen and oxygen atoms in total. The molecule has 0 aromatic rings. The van der Waals surface area contributed by atoms with Crippen molar-refractivity contribution in [3.63, 3.8) is 0 Å². The first-order valence-corrected chi connectivity index (χ1v) is 4.16. The predicted molar refractivity (Wildman–Crippen MR) is 47.0 cm³/mol. The van der Waals surface area contributed by atoms with Crippen LogP contribution in [0.15, 0.2) is 0 Å². The topological polar surface area (TPSA) is 40.6 Å². The minimum Gasteiger partial charge on any atom is -0.347 e. The molecule has 0 rings (SSSR count). The molecule has 0 radical (unpaired) electrons. The van der Waals surface area contributed by atoms with Crippen molar-refractivity contribution in [1.82, 2.24) is 9.80 Å². The molecular weight excluding hydrogens is 213 g/mol. The number of rotatable bonds is 3. The third-order valence-corrected chi connectivity index (χ3v) is 1.64. The molecule has 0 saturated heterocycles. The highest BCUT2D eigenvalue weighted by atomic mass is 19.4. The average Bonchev–Trinajstić information content (AvgIpc) is 1.99. The molecule has 0 N–H and O–H groups in total. The minimum atomic E-state index is -4.49. The first-order valence-electron chi connectivity index (χ1n) is 4.16. The lowest BCUT2D eigenvalue weighted by molar-refractivity contribution is -0.162. The lowest BCUT2D eigenvalue weighted by Crippen LogP contribution is -2.43. The Morgan fingerprint density at radius 1 is 1.20 bits per heavy atom. The van der Waals surface area contributed by atoms with Crippen LogP contribution in [0.4, 0.5) is 13.2 Å². The van der Waals surface area contributed by atoms with Crippen molar-refractivity contribution in [3.05, 3.63) is 0 Å². The Balaban J connectivity index is 4.43. The van der Waals surface area contributed by atoms with Gasteiger partial charge in [0.2, 0.25) is 11.8 Å². The van der Waals surface area contributed by atoms with Gasteiger partial charge >= 0.3 is 6.18 Å². The summed E-state index contributed by atoms with van der Waals surface area (Å²) in [5, 5.41) is 0. The maximum Gasteiger partial charge on any atom is 0.406 e. The molecule has 0 bridgehead atoms. The fourth-order valence-corrected chi connectivity index (χ4v) is 0.800. The summed E-state index contributed by atoms with van der Waals surface area (Å²) in [7, 11) is 2.82. The summed E-state index contributed by atoms with van der Waals surface area (Å²) in [4.78, 5) is 23.5. The van der Waals surface area contributed by atoms with E-state index >= 15 is 0 Å². The molecule has 0 aromatic carbocycles. The Hall–Kier alpha value is -1.27. The second-order valence-corrected chi connectivity index (χ2v) is 3.28. The summed E-state index contributed by atoms with van der Waals surface area (Å²) in [6.45, 7) is -0.960. The number of alkyl halides is 3. The second kappa shape index (κ2) is 4.99. The molecule has 88 valence electrons. The summed E-state index contributed by atoms with van der Waals surface area (Å²) >= 11 is 0. The molecule has 0 aliphatic rings. The maximum absolute atomic E-state index is 12.0. The van der Waals surface area contributed by atoms with Gasteiger partial charge in [-0.3, -0.25) is 9.59 Å². The zero-order valence-corrected chi connectivity index (χ0v) is 8.76. The molecule has 0 fully saturated rings. The summed E-state index contributed by atoms with van der Waals surface area (Å²) in [6, 6.07) is 0. The second-order valence-electron chi connectivity index (χ2n) is 3.28. The zero-order valence-electron chi connectivity index (χ0n) is 8.76. The lowest BCUT2D eigenvalue weighted by atomic mass is 10.4. The molecule has 0 aromatic heterocycles. The smallest absolute Gasteiger partial charge is 0.347 e. The van der Waals surface area contributed by atoms with E-state index in [0.29, 0.717) is 4.90 Å². The van der Waals surface area contributed by atoms with Crippen molar-refractivity contribution in [3.8, 4) is 0 Å². The molecule has 0 aliphatic heterocycles. The molecule has 0 saturated carbocycles. The highest BCUT2D eigenvalue weighted by Crippen LogP contribution is 2.16. The van der Waals surface area contributed by atoms with Crippen LogP contribution in [-0.4, -0.2) is 55.0 Å². The highest BCUT2D eigenvalue weighted by Gasteiger charge is 2.32. The first-order chi connectivity index (χ1) is 6.63. The van der Waals surface area contributed by atoms with Crippen LogP contribution in [0.2, 0.25) is 0 Å². The van der Waals surface area contributed by atoms with E-state index in [4.69, 9.17) is 0 Å². The van der Waals surface area contributed by atoms with Crippen molar-refractivity contribution < 1.29 is 22.8 Å². The Bertz CT molecular complexity index is 251. The molecule has 0 unspecified atom stereocenters. The number of hydrogen-bond acceptors (Lipinski definition) is 2. The summed E-state index contributed by atoms with van der Waals surface area (Å²) in [5.41, 5.74) is 0. The number of hydrogen-bond donors (Lipinski definition) is 0. The van der Waals surface area contributed by atoms with Gasteiger partial charge in [-0.15, -0.1) is 0 Å². The van der Waals surface area contributed by atoms with Crippen molar-refractivity contribution in [2.75, 3.05) is 27.2 Å². The van der Waals surface area contributed by atoms with Gasteiger partial charge in [0.15, 0.2) is 0 Å². The number of nitrogens with zero attached hydrogens (tertiary/aromatic N) is 2. The van der Waals surface area contributed by atoms with Crippen LogP contribution in [0, 0.1) is 0 Å². The molecule has 0 spiro atoms. The zero-order chi connectivity index (χ0) is 12.2. The van der Waals surface area contributed by atoms with Crippen molar-refractivity contribution in [1.29, 1.82) is 0 Å². The van der Waals surface area contributed by atoms with E-state index in [2.05, 4.69) is 0 Å². The fraction of sp³-hybridized carbons (Fsp3) is 0.750. The van der Waals surface area contributed by atoms with Gasteiger partial charge in [-0.05, 0) is 0 Å². The van der Waals surface area contributed by atoms with Gasteiger partial charge in [-0.1, -0.05) is 0 Å². The van der Waals surface area contributed by atoms with Gasteiger partial charge in [-0.25, -0.2) is 0 Å². The lowest BCUT2D eigenvalue weighted by Gasteiger charge is -2.23. The van der Waals surface area contributed by atoms with Crippen LogP contribution in [0.3, 0.4) is 0 Å². The molecular formula is C8H13F3N2O2. The van der Waals surface area contributed by atoms with E-state index in [1.807, 2.05) is 0 Å². The fourth-order valence-electron chi connectivity index (χ4n) is 0.800. The average molecular weight is 226 g/mol. The third kappa shape index (κ3) is 5.92. The Labute approximate surface area is 85.6 Å². The normalized spacial score (nSPS) is 11.1. The number of amides is 2. The van der Waals surface area contributed by atoms with Gasteiger partial charge in [0.25, 0.3) is 0 Å². The summed E-state index contributed by atoms with van der Waals surface area (Å²) < 4.78 is 36.0. The van der Waals surface area contributed by atoms with Crippen LogP contribution >= 0.6 is 0 Å². The van der Waals surface area contributed by atoms with Gasteiger partial charge < -0.3 is 9.80 Å². The van der Waals surface area contributed by atoms with E-state index < -0.39 is 31.1 Å². The van der Waals surface area contributed by atoms with E-state index in [9.17, 15) is 22.8 Å². The van der Waals surface area contributed by atoms with Crippen molar-refractivity contribution in [2.45, 2.75) is 13.1 Å². The Kier molecular flexibility index (Phi) is 4.57. The largest absolute Gasteiger partial charge is 0.406 e. The van der Waals surface area contributed by atoms with Crippen molar-refractivity contribution >= 4 is 11.8 Å². The van der Waals surface area contributed by atoms with Gasteiger partial charge in [0.1, 0.15) is 13.1 Å². The Morgan fingerprint density at radius 3 is 1.93 bits per heavy atom. The molecule has 15 heavy (non-hydrogen) atoms. The van der Waals surface area contributed by atoms with Crippen LogP contribution in [0.1, 0.15) is 6.92 Å². The van der Waals surface area contributed by atoms with Gasteiger partial charge in [-0.2, -0.15) is 13.2 Å². The summed E-state index contributed by atoms with van der Waals surface area (Å²) in [5.74, 6) is -1.32. The maximum atomic E-state index is 12.0. The third-order valence-electron chi connectivity index (χ3n) is 1.64. The van der Waals surface area contributed by atoms with Crippen LogP contribution in [0.25, 0.3) is 0 Å². The monoisotopic (exact) mass is 226 g/mol. The summed E-state index contributed by atoms with van der Waals surface area (Å²) in [6.07, 6.45) is -4.49. The number of halogens is 3. The van der Waals surface area contributed by atoms with Crippen LogP contribution < -0.4 is 0 Å². The number of carbonyl (C=O) groups is 2. The first kappa shape index (κ1) is 13.7. The Morgan fingerprint density at radius 2 is 1.67 bits per heavy atom. The number of carbonyl (C=O) groups excluding carboxylic acids is 2. The van der Waals surface area contributed by atoms with E-state index in [-0.39, 0.29) is 0 Å². The quantitative estimate of drug-likeness (QED) is 0.702. The van der Waals surface area contributed by atoms with Gasteiger partial charge in [0.05, 0.1) is 0 Å². The van der Waals surface area contributed by atoms with Gasteiger partial charge in [0, 0.05) is 21.0 Å². The molecule has 0 heterocycles. The molecule has 7 heteroatoms. The SMILES string of the molecule is CC(=O)N(CC(=O)N(C)C)CC(F)(F)F. The standard InChI is InChI=1S/C8H13F3N2O2/c1-6(14)13(5-8(9,10)11)4-7(15)12(2)3/h4-5H2,1-3H3. The van der Waals surface area contributed by atoms with E-state index in [0.717, 1.165) is 11.8 Å². The highest BCUT2D eigenvalue weighted by molar-refractivity contribution is 5.83. The molecule has 2 amide bonds.